The molecule has 0 N–H and O–H groups in total. The molecule has 2 heterocycles. The highest BCUT2D eigenvalue weighted by Crippen LogP contribution is 1.95. The number of hydrogen-bond donors (Lipinski definition) is 0. The third-order valence-corrected chi connectivity index (χ3v) is 2.01. The molecule has 94 valence electrons. The van der Waals surface area contributed by atoms with E-state index in [-0.39, 0.29) is 0 Å². The van der Waals surface area contributed by atoms with Crippen molar-refractivity contribution in [2.24, 2.45) is 24.3 Å². The van der Waals surface area contributed by atoms with Crippen molar-refractivity contribution >= 4 is 11.4 Å². The van der Waals surface area contributed by atoms with Crippen LogP contribution in [-0.4, -0.2) is 51.8 Å². The van der Waals surface area contributed by atoms with Gasteiger partial charge >= 0.3 is 0 Å². The monoisotopic (exact) mass is 248 g/mol. The van der Waals surface area contributed by atoms with E-state index in [0.29, 0.717) is 23.1 Å². The fourth-order valence-corrected chi connectivity index (χ4v) is 1.10. The summed E-state index contributed by atoms with van der Waals surface area (Å²) in [6, 6.07) is 0. The molecule has 0 amide bonds. The first-order chi connectivity index (χ1) is 8.56. The Labute approximate surface area is 102 Å². The molecule has 0 unspecified atom stereocenters. The Hall–Kier alpha value is -2.52. The molecule has 2 rings (SSSR count). The molecular weight excluding hydrogens is 236 g/mol. The molecule has 0 atom stereocenters. The highest BCUT2D eigenvalue weighted by Gasteiger charge is 2.06. The van der Waals surface area contributed by atoms with Crippen LogP contribution in [0.5, 0.6) is 0 Å². The van der Waals surface area contributed by atoms with Gasteiger partial charge in [-0.1, -0.05) is 0 Å². The van der Waals surface area contributed by atoms with E-state index >= 15 is 0 Å². The molecule has 10 heteroatoms. The van der Waals surface area contributed by atoms with Crippen LogP contribution in [0.3, 0.4) is 0 Å². The summed E-state index contributed by atoms with van der Waals surface area (Å²) in [7, 11) is 3.36. The van der Waals surface area contributed by atoms with Crippen LogP contribution in [0.15, 0.2) is 10.2 Å². The molecule has 0 fully saturated rings. The molecule has 0 aliphatic carbocycles. The van der Waals surface area contributed by atoms with E-state index in [1.54, 1.807) is 27.9 Å². The molecule has 0 saturated carbocycles. The minimum Gasteiger partial charge on any atom is -0.167 e. The number of aryl methyl sites for hydroxylation is 2. The molecule has 0 saturated heterocycles. The van der Waals surface area contributed by atoms with Gasteiger partial charge in [0.2, 0.25) is 11.6 Å². The topological polar surface area (TPSA) is 112 Å². The quantitative estimate of drug-likeness (QED) is 0.507. The van der Waals surface area contributed by atoms with Crippen molar-refractivity contribution in [2.75, 3.05) is 0 Å². The van der Waals surface area contributed by atoms with Gasteiger partial charge in [0, 0.05) is 0 Å². The smallest absolute Gasteiger partial charge is 0.167 e. The van der Waals surface area contributed by atoms with Crippen LogP contribution in [-0.2, 0) is 14.1 Å². The number of tetrazole rings is 2. The normalized spacial score (nSPS) is 13.1. The number of hydrogen-bond acceptors (Lipinski definition) is 8. The lowest BCUT2D eigenvalue weighted by molar-refractivity contribution is 0.629. The molecule has 18 heavy (non-hydrogen) atoms. The first kappa shape index (κ1) is 12.0. The minimum atomic E-state index is 0.432. The Morgan fingerprint density at radius 2 is 1.22 bits per heavy atom. The van der Waals surface area contributed by atoms with Gasteiger partial charge in [0.15, 0.2) is 0 Å². The van der Waals surface area contributed by atoms with E-state index < -0.39 is 0 Å². The maximum atomic E-state index is 4.01. The van der Waals surface area contributed by atoms with Gasteiger partial charge < -0.3 is 0 Å². The van der Waals surface area contributed by atoms with Crippen LogP contribution in [0.25, 0.3) is 0 Å². The van der Waals surface area contributed by atoms with E-state index in [0.717, 1.165) is 0 Å². The summed E-state index contributed by atoms with van der Waals surface area (Å²) in [4.78, 5) is 2.71. The zero-order valence-corrected chi connectivity index (χ0v) is 10.5. The Morgan fingerprint density at radius 3 is 1.50 bits per heavy atom. The summed E-state index contributed by atoms with van der Waals surface area (Å²) >= 11 is 0. The maximum Gasteiger partial charge on any atom is 0.220 e. The summed E-state index contributed by atoms with van der Waals surface area (Å²) in [6.45, 7) is 3.50. The molecule has 0 spiro atoms. The molecule has 0 aromatic carbocycles. The minimum absolute atomic E-state index is 0.432. The van der Waals surface area contributed by atoms with Gasteiger partial charge in [0.1, 0.15) is 11.4 Å². The summed E-state index contributed by atoms with van der Waals surface area (Å²) in [6.07, 6.45) is 0. The average molecular weight is 248 g/mol. The van der Waals surface area contributed by atoms with Gasteiger partial charge in [-0.2, -0.15) is 19.8 Å². The van der Waals surface area contributed by atoms with Gasteiger partial charge in [-0.05, 0) is 24.3 Å². The average Bonchev–Trinajstić information content (AvgIpc) is 2.94. The second-order valence-electron chi connectivity index (χ2n) is 3.58. The molecule has 10 nitrogen and oxygen atoms in total. The van der Waals surface area contributed by atoms with Crippen molar-refractivity contribution in [3.63, 3.8) is 0 Å². The largest absolute Gasteiger partial charge is 0.220 e. The van der Waals surface area contributed by atoms with E-state index in [1.165, 1.54) is 9.59 Å². The molecule has 0 bridgehead atoms. The highest BCUT2D eigenvalue weighted by molar-refractivity contribution is 5.98. The second kappa shape index (κ2) is 4.77. The van der Waals surface area contributed by atoms with Crippen molar-refractivity contribution in [1.82, 2.24) is 40.4 Å². The van der Waals surface area contributed by atoms with E-state index in [1.807, 2.05) is 0 Å². The first-order valence-corrected chi connectivity index (χ1v) is 5.14. The highest BCUT2D eigenvalue weighted by atomic mass is 15.6. The Kier molecular flexibility index (Phi) is 3.17. The summed E-state index contributed by atoms with van der Waals surface area (Å²) in [5.41, 5.74) is 1.12. The molecule has 2 aromatic heterocycles. The Morgan fingerprint density at radius 1 is 0.833 bits per heavy atom. The SMILES string of the molecule is C/C(=N\N=C(/C)c1nnn(C)n1)c1nnn(C)n1. The maximum absolute atomic E-state index is 4.01. The van der Waals surface area contributed by atoms with Crippen molar-refractivity contribution in [1.29, 1.82) is 0 Å². The fraction of sp³-hybridized carbons (Fsp3) is 0.500. The van der Waals surface area contributed by atoms with Gasteiger partial charge in [0.25, 0.3) is 0 Å². The van der Waals surface area contributed by atoms with Crippen LogP contribution < -0.4 is 0 Å². The van der Waals surface area contributed by atoms with Crippen molar-refractivity contribution in [3.05, 3.63) is 11.6 Å². The van der Waals surface area contributed by atoms with Crippen molar-refractivity contribution in [2.45, 2.75) is 13.8 Å². The lowest BCUT2D eigenvalue weighted by Gasteiger charge is -1.91. The molecule has 2 aromatic rings. The number of aromatic nitrogens is 8. The van der Waals surface area contributed by atoms with Gasteiger partial charge in [-0.25, -0.2) is 0 Å². The van der Waals surface area contributed by atoms with E-state index in [4.69, 9.17) is 0 Å². The van der Waals surface area contributed by atoms with Crippen LogP contribution >= 0.6 is 0 Å². The molecule has 0 aliphatic rings. The summed E-state index contributed by atoms with van der Waals surface area (Å²) in [5, 5.41) is 31.1. The molecule has 0 radical (unpaired) electrons. The first-order valence-electron chi connectivity index (χ1n) is 5.14. The zero-order valence-electron chi connectivity index (χ0n) is 10.5. The van der Waals surface area contributed by atoms with Crippen LogP contribution in [0, 0.1) is 0 Å². The predicted octanol–water partition coefficient (Wildman–Crippen LogP) is -1.03. The third kappa shape index (κ3) is 2.59. The lowest BCUT2D eigenvalue weighted by atomic mass is 10.4. The summed E-state index contributed by atoms with van der Waals surface area (Å²) in [5.74, 6) is 0.863. The van der Waals surface area contributed by atoms with Gasteiger partial charge in [0.05, 0.1) is 14.1 Å². The lowest BCUT2D eigenvalue weighted by Crippen LogP contribution is -2.02. The van der Waals surface area contributed by atoms with Crippen LogP contribution in [0.4, 0.5) is 0 Å². The fourth-order valence-electron chi connectivity index (χ4n) is 1.10. The molecule has 0 aliphatic heterocycles. The second-order valence-corrected chi connectivity index (χ2v) is 3.58. The summed E-state index contributed by atoms with van der Waals surface area (Å²) < 4.78 is 0. The zero-order chi connectivity index (χ0) is 13.1. The van der Waals surface area contributed by atoms with Crippen molar-refractivity contribution in [3.8, 4) is 0 Å². The van der Waals surface area contributed by atoms with E-state index in [9.17, 15) is 0 Å². The Balaban J connectivity index is 2.18. The predicted molar refractivity (Wildman–Crippen MR) is 62.0 cm³/mol. The van der Waals surface area contributed by atoms with Crippen LogP contribution in [0.1, 0.15) is 25.5 Å². The van der Waals surface area contributed by atoms with Crippen LogP contribution in [0.2, 0.25) is 0 Å². The molecular formula is C8H12N10. The van der Waals surface area contributed by atoms with Crippen molar-refractivity contribution < 1.29 is 0 Å². The third-order valence-electron chi connectivity index (χ3n) is 2.01. The van der Waals surface area contributed by atoms with Gasteiger partial charge in [-0.3, -0.25) is 0 Å². The number of rotatable bonds is 3. The van der Waals surface area contributed by atoms with Gasteiger partial charge in [-0.15, -0.1) is 20.4 Å². The Bertz CT molecular complexity index is 549. The standard InChI is InChI=1S/C8H12N10/c1-5(7-11-15-17(3)13-7)9-10-6(2)8-12-16-18(4)14-8/h1-4H3/b9-5+,10-6+. The van der Waals surface area contributed by atoms with E-state index in [2.05, 4.69) is 41.0 Å². The number of nitrogens with zero attached hydrogens (tertiary/aromatic N) is 10.